The van der Waals surface area contributed by atoms with E-state index < -0.39 is 24.3 Å². The molecule has 0 fully saturated rings. The van der Waals surface area contributed by atoms with Gasteiger partial charge >= 0.3 is 0 Å². The fourth-order valence-electron chi connectivity index (χ4n) is 3.11. The predicted molar refractivity (Wildman–Crippen MR) is 121 cm³/mol. The van der Waals surface area contributed by atoms with Crippen molar-refractivity contribution in [3.05, 3.63) is 74.7 Å². The molecule has 32 heavy (non-hydrogen) atoms. The number of hydrogen-bond acceptors (Lipinski definition) is 7. The topological polar surface area (TPSA) is 121 Å². The third kappa shape index (κ3) is 4.73. The van der Waals surface area contributed by atoms with Crippen molar-refractivity contribution >= 4 is 56.0 Å². The maximum absolute atomic E-state index is 12.4. The van der Waals surface area contributed by atoms with Gasteiger partial charge in [0.05, 0.1) is 11.1 Å². The van der Waals surface area contributed by atoms with Gasteiger partial charge in [-0.25, -0.2) is 0 Å². The molecule has 0 unspecified atom stereocenters. The average Bonchev–Trinajstić information content (AvgIpc) is 3.32. The Morgan fingerprint density at radius 2 is 1.72 bits per heavy atom. The van der Waals surface area contributed by atoms with Crippen molar-refractivity contribution in [2.24, 2.45) is 0 Å². The molecule has 3 aromatic rings. The molecule has 4 amide bonds. The van der Waals surface area contributed by atoms with Crippen LogP contribution in [0.5, 0.6) is 0 Å². The number of nitrogens with one attached hydrogen (secondary N) is 2. The van der Waals surface area contributed by atoms with E-state index in [9.17, 15) is 19.2 Å². The van der Waals surface area contributed by atoms with Crippen LogP contribution < -0.4 is 10.6 Å². The van der Waals surface area contributed by atoms with Gasteiger partial charge in [0.1, 0.15) is 11.6 Å². The van der Waals surface area contributed by atoms with E-state index >= 15 is 0 Å². The molecule has 2 heterocycles. The second kappa shape index (κ2) is 9.37. The zero-order valence-corrected chi connectivity index (χ0v) is 18.9. The number of rotatable bonds is 7. The van der Waals surface area contributed by atoms with E-state index in [1.807, 2.05) is 6.07 Å². The Labute approximate surface area is 195 Å². The first-order chi connectivity index (χ1) is 15.4. The summed E-state index contributed by atoms with van der Waals surface area (Å²) in [6.45, 7) is -0.0626. The van der Waals surface area contributed by atoms with Crippen molar-refractivity contribution < 1.29 is 19.2 Å². The number of fused-ring (bicyclic) bond motifs is 1. The van der Waals surface area contributed by atoms with Crippen LogP contribution in [0.15, 0.2) is 53.0 Å². The number of amides is 4. The SMILES string of the molecule is O=C(CN1C(=O)c2ccccc2C1=O)Nc1nnc(CCNC(=O)c2cccc(Br)c2)s1. The molecule has 162 valence electrons. The molecule has 11 heteroatoms. The molecule has 2 aromatic carbocycles. The highest BCUT2D eigenvalue weighted by molar-refractivity contribution is 9.10. The first kappa shape index (κ1) is 21.8. The molecule has 2 N–H and O–H groups in total. The molecular weight excluding hydrogens is 498 g/mol. The van der Waals surface area contributed by atoms with Crippen molar-refractivity contribution in [1.82, 2.24) is 20.4 Å². The van der Waals surface area contributed by atoms with E-state index in [0.717, 1.165) is 20.7 Å². The Hall–Kier alpha value is -3.44. The molecule has 0 radical (unpaired) electrons. The quantitative estimate of drug-likeness (QED) is 0.468. The van der Waals surface area contributed by atoms with Gasteiger partial charge in [0.15, 0.2) is 0 Å². The summed E-state index contributed by atoms with van der Waals surface area (Å²) >= 11 is 4.48. The van der Waals surface area contributed by atoms with Gasteiger partial charge in [-0.1, -0.05) is 45.5 Å². The first-order valence-electron chi connectivity index (χ1n) is 9.53. The predicted octanol–water partition coefficient (Wildman–Crippen LogP) is 2.51. The normalized spacial score (nSPS) is 12.6. The fourth-order valence-corrected chi connectivity index (χ4v) is 4.26. The summed E-state index contributed by atoms with van der Waals surface area (Å²) < 4.78 is 0.816. The number of hydrogen-bond donors (Lipinski definition) is 2. The lowest BCUT2D eigenvalue weighted by atomic mass is 10.1. The van der Waals surface area contributed by atoms with Gasteiger partial charge in [0.2, 0.25) is 11.0 Å². The monoisotopic (exact) mass is 513 g/mol. The van der Waals surface area contributed by atoms with Crippen LogP contribution in [0.4, 0.5) is 5.13 Å². The van der Waals surface area contributed by atoms with Crippen LogP contribution >= 0.6 is 27.3 Å². The Balaban J connectivity index is 1.27. The number of imide groups is 1. The van der Waals surface area contributed by atoms with E-state index in [0.29, 0.717) is 23.5 Å². The summed E-state index contributed by atoms with van der Waals surface area (Å²) in [5, 5.41) is 14.1. The molecule has 0 bridgehead atoms. The third-order valence-corrected chi connectivity index (χ3v) is 6.00. The van der Waals surface area contributed by atoms with Crippen molar-refractivity contribution in [1.29, 1.82) is 0 Å². The molecule has 0 saturated carbocycles. The number of anilines is 1. The van der Waals surface area contributed by atoms with E-state index in [1.54, 1.807) is 42.5 Å². The zero-order valence-electron chi connectivity index (χ0n) is 16.5. The van der Waals surface area contributed by atoms with Crippen LogP contribution in [0.25, 0.3) is 0 Å². The molecule has 0 saturated heterocycles. The smallest absolute Gasteiger partial charge is 0.262 e. The fraction of sp³-hybridized carbons (Fsp3) is 0.143. The van der Waals surface area contributed by atoms with Crippen LogP contribution in [-0.4, -0.2) is 51.8 Å². The van der Waals surface area contributed by atoms with E-state index in [4.69, 9.17) is 0 Å². The molecule has 4 rings (SSSR count). The number of halogens is 1. The second-order valence-electron chi connectivity index (χ2n) is 6.81. The van der Waals surface area contributed by atoms with Crippen LogP contribution in [-0.2, 0) is 11.2 Å². The summed E-state index contributed by atoms with van der Waals surface area (Å²) in [5.41, 5.74) is 1.11. The van der Waals surface area contributed by atoms with E-state index in [-0.39, 0.29) is 22.2 Å². The molecule has 9 nitrogen and oxygen atoms in total. The molecule has 1 aliphatic rings. The van der Waals surface area contributed by atoms with Gasteiger partial charge in [0.25, 0.3) is 17.7 Å². The van der Waals surface area contributed by atoms with Gasteiger partial charge in [-0.3, -0.25) is 29.4 Å². The maximum atomic E-state index is 12.4. The minimum Gasteiger partial charge on any atom is -0.352 e. The van der Waals surface area contributed by atoms with Crippen molar-refractivity contribution in [3.8, 4) is 0 Å². The van der Waals surface area contributed by atoms with Crippen LogP contribution in [0.2, 0.25) is 0 Å². The highest BCUT2D eigenvalue weighted by Crippen LogP contribution is 2.22. The molecule has 0 atom stereocenters. The van der Waals surface area contributed by atoms with Gasteiger partial charge in [-0.2, -0.15) is 0 Å². The summed E-state index contributed by atoms with van der Waals surface area (Å²) in [6, 6.07) is 13.5. The van der Waals surface area contributed by atoms with Gasteiger partial charge in [-0.15, -0.1) is 10.2 Å². The number of aromatic nitrogens is 2. The highest BCUT2D eigenvalue weighted by Gasteiger charge is 2.36. The van der Waals surface area contributed by atoms with Gasteiger partial charge in [0, 0.05) is 23.0 Å². The Bertz CT molecular complexity index is 1190. The lowest BCUT2D eigenvalue weighted by Gasteiger charge is -2.12. The largest absolute Gasteiger partial charge is 0.352 e. The number of nitrogens with zero attached hydrogens (tertiary/aromatic N) is 3. The lowest BCUT2D eigenvalue weighted by Crippen LogP contribution is -2.37. The summed E-state index contributed by atoms with van der Waals surface area (Å²) in [4.78, 5) is 50.1. The highest BCUT2D eigenvalue weighted by atomic mass is 79.9. The second-order valence-corrected chi connectivity index (χ2v) is 8.79. The maximum Gasteiger partial charge on any atom is 0.262 e. The molecule has 1 aromatic heterocycles. The lowest BCUT2D eigenvalue weighted by molar-refractivity contribution is -0.116. The minimum atomic E-state index is -0.551. The number of carbonyl (C=O) groups excluding carboxylic acids is 4. The summed E-state index contributed by atoms with van der Waals surface area (Å²) in [5.74, 6) is -1.75. The average molecular weight is 514 g/mol. The minimum absolute atomic E-state index is 0.203. The molecular formula is C21H16BrN5O4S. The third-order valence-electron chi connectivity index (χ3n) is 4.60. The Morgan fingerprint density at radius 3 is 2.41 bits per heavy atom. The first-order valence-corrected chi connectivity index (χ1v) is 11.1. The van der Waals surface area contributed by atoms with Crippen molar-refractivity contribution in [2.75, 3.05) is 18.4 Å². The molecule has 0 aliphatic carbocycles. The van der Waals surface area contributed by atoms with Gasteiger partial charge < -0.3 is 5.32 Å². The van der Waals surface area contributed by atoms with Crippen molar-refractivity contribution in [3.63, 3.8) is 0 Å². The zero-order chi connectivity index (χ0) is 22.7. The molecule has 0 spiro atoms. The summed E-state index contributed by atoms with van der Waals surface area (Å²) in [6.07, 6.45) is 0.436. The summed E-state index contributed by atoms with van der Waals surface area (Å²) in [7, 11) is 0. The Kier molecular flexibility index (Phi) is 6.37. The standard InChI is InChI=1S/C21H16BrN5O4S/c22-13-5-3-4-12(10-13)18(29)23-9-8-17-25-26-21(32-17)24-16(28)11-27-19(30)14-6-1-2-7-15(14)20(27)31/h1-7,10H,8-9,11H2,(H,23,29)(H,24,26,28). The van der Waals surface area contributed by atoms with Crippen molar-refractivity contribution in [2.45, 2.75) is 6.42 Å². The van der Waals surface area contributed by atoms with Crippen LogP contribution in [0.3, 0.4) is 0 Å². The molecule has 1 aliphatic heterocycles. The van der Waals surface area contributed by atoms with E-state index in [2.05, 4.69) is 36.8 Å². The number of carbonyl (C=O) groups is 4. The van der Waals surface area contributed by atoms with Crippen LogP contribution in [0.1, 0.15) is 36.1 Å². The van der Waals surface area contributed by atoms with E-state index in [1.165, 1.54) is 0 Å². The number of benzene rings is 2. The van der Waals surface area contributed by atoms with Crippen LogP contribution in [0, 0.1) is 0 Å². The van der Waals surface area contributed by atoms with Gasteiger partial charge in [-0.05, 0) is 30.3 Å². The Morgan fingerprint density at radius 1 is 1.00 bits per heavy atom.